The molecule has 0 spiro atoms. The highest BCUT2D eigenvalue weighted by molar-refractivity contribution is 5.44. The highest BCUT2D eigenvalue weighted by atomic mass is 19.4. The molecular formula is C17H28F3N5O. The van der Waals surface area contributed by atoms with E-state index in [1.165, 1.54) is 4.90 Å². The summed E-state index contributed by atoms with van der Waals surface area (Å²) < 4.78 is 44.6. The van der Waals surface area contributed by atoms with Crippen LogP contribution in [0.5, 0.6) is 0 Å². The third kappa shape index (κ3) is 6.28. The van der Waals surface area contributed by atoms with Gasteiger partial charge < -0.3 is 15.0 Å². The van der Waals surface area contributed by atoms with E-state index in [1.54, 1.807) is 14.1 Å². The number of anilines is 2. The van der Waals surface area contributed by atoms with Crippen molar-refractivity contribution in [3.05, 3.63) is 11.8 Å². The average Bonchev–Trinajstić information content (AvgIpc) is 2.52. The van der Waals surface area contributed by atoms with Crippen LogP contribution >= 0.6 is 0 Å². The van der Waals surface area contributed by atoms with Crippen LogP contribution < -0.4 is 10.2 Å². The van der Waals surface area contributed by atoms with E-state index in [-0.39, 0.29) is 24.0 Å². The second kappa shape index (κ2) is 8.85. The smallest absolute Gasteiger partial charge is 0.373 e. The second-order valence-corrected chi connectivity index (χ2v) is 6.98. The van der Waals surface area contributed by atoms with Gasteiger partial charge in [0.1, 0.15) is 5.82 Å². The Balaban J connectivity index is 1.82. The van der Waals surface area contributed by atoms with Crippen LogP contribution in [0.2, 0.25) is 0 Å². The predicted molar refractivity (Wildman–Crippen MR) is 95.5 cm³/mol. The SMILES string of the molecule is C[C@@H]1CN(CCCCNc2nc(N(C)C)cc(C(F)(F)F)n2)C[C@@H](C)O1. The van der Waals surface area contributed by atoms with Crippen LogP contribution in [-0.4, -0.2) is 67.4 Å². The molecule has 1 aromatic rings. The maximum Gasteiger partial charge on any atom is 0.433 e. The monoisotopic (exact) mass is 375 g/mol. The van der Waals surface area contributed by atoms with Gasteiger partial charge in [-0.05, 0) is 33.2 Å². The Bertz CT molecular complexity index is 572. The van der Waals surface area contributed by atoms with Crippen molar-refractivity contribution < 1.29 is 17.9 Å². The van der Waals surface area contributed by atoms with E-state index in [0.717, 1.165) is 38.5 Å². The lowest BCUT2D eigenvalue weighted by atomic mass is 10.2. The number of aromatic nitrogens is 2. The summed E-state index contributed by atoms with van der Waals surface area (Å²) in [6.45, 7) is 7.45. The summed E-state index contributed by atoms with van der Waals surface area (Å²) in [5.74, 6) is 0.239. The summed E-state index contributed by atoms with van der Waals surface area (Å²) in [7, 11) is 3.30. The average molecular weight is 375 g/mol. The van der Waals surface area contributed by atoms with Gasteiger partial charge in [-0.15, -0.1) is 0 Å². The van der Waals surface area contributed by atoms with E-state index in [0.29, 0.717) is 6.54 Å². The summed E-state index contributed by atoms with van der Waals surface area (Å²) in [6.07, 6.45) is -2.24. The molecule has 0 amide bonds. The zero-order chi connectivity index (χ0) is 19.3. The molecule has 1 aliphatic rings. The van der Waals surface area contributed by atoms with Crippen LogP contribution in [0.25, 0.3) is 0 Å². The number of ether oxygens (including phenoxy) is 1. The van der Waals surface area contributed by atoms with Gasteiger partial charge in [0.25, 0.3) is 0 Å². The summed E-state index contributed by atoms with van der Waals surface area (Å²) in [5, 5.41) is 2.92. The fourth-order valence-corrected chi connectivity index (χ4v) is 3.02. The first-order valence-corrected chi connectivity index (χ1v) is 8.90. The van der Waals surface area contributed by atoms with Gasteiger partial charge in [0.05, 0.1) is 12.2 Å². The van der Waals surface area contributed by atoms with E-state index < -0.39 is 11.9 Å². The number of nitrogens with zero attached hydrogens (tertiary/aromatic N) is 4. The van der Waals surface area contributed by atoms with Gasteiger partial charge in [-0.25, -0.2) is 4.98 Å². The molecule has 0 saturated carbocycles. The molecule has 0 aromatic carbocycles. The minimum atomic E-state index is -4.49. The molecule has 2 atom stereocenters. The standard InChI is InChI=1S/C17H28F3N5O/c1-12-10-25(11-13(2)26-12)8-6-5-7-21-16-22-14(17(18,19)20)9-15(23-16)24(3)4/h9,12-13H,5-8,10-11H2,1-4H3,(H,21,22,23)/t12-,13-/m1/s1. The molecule has 148 valence electrons. The Morgan fingerprint density at radius 2 is 1.85 bits per heavy atom. The van der Waals surface area contributed by atoms with Crippen molar-refractivity contribution in [3.63, 3.8) is 0 Å². The van der Waals surface area contributed by atoms with Gasteiger partial charge >= 0.3 is 6.18 Å². The normalized spacial score (nSPS) is 21.7. The maximum atomic E-state index is 13.0. The van der Waals surface area contributed by atoms with Crippen molar-refractivity contribution in [2.45, 2.75) is 45.1 Å². The van der Waals surface area contributed by atoms with Crippen molar-refractivity contribution >= 4 is 11.8 Å². The van der Waals surface area contributed by atoms with Gasteiger partial charge in [0, 0.05) is 39.8 Å². The number of unbranched alkanes of at least 4 members (excludes halogenated alkanes) is 1. The molecule has 9 heteroatoms. The Morgan fingerprint density at radius 3 is 2.42 bits per heavy atom. The molecule has 1 fully saturated rings. The van der Waals surface area contributed by atoms with E-state index in [2.05, 4.69) is 34.0 Å². The lowest BCUT2D eigenvalue weighted by Gasteiger charge is -2.35. The molecular weight excluding hydrogens is 347 g/mol. The lowest BCUT2D eigenvalue weighted by Crippen LogP contribution is -2.45. The van der Waals surface area contributed by atoms with Crippen LogP contribution in [0.15, 0.2) is 6.07 Å². The van der Waals surface area contributed by atoms with Crippen molar-refractivity contribution in [1.82, 2.24) is 14.9 Å². The Kier molecular flexibility index (Phi) is 7.05. The lowest BCUT2D eigenvalue weighted by molar-refractivity contribution is -0.141. The number of nitrogens with one attached hydrogen (secondary N) is 1. The minimum Gasteiger partial charge on any atom is -0.373 e. The molecule has 6 nitrogen and oxygen atoms in total. The van der Waals surface area contributed by atoms with E-state index in [1.807, 2.05) is 0 Å². The van der Waals surface area contributed by atoms with Gasteiger partial charge in [-0.2, -0.15) is 18.2 Å². The summed E-state index contributed by atoms with van der Waals surface area (Å²) in [4.78, 5) is 11.6. The van der Waals surface area contributed by atoms with Gasteiger partial charge in [0.15, 0.2) is 5.69 Å². The molecule has 1 aromatic heterocycles. The molecule has 2 rings (SSSR count). The first-order chi connectivity index (χ1) is 12.1. The predicted octanol–water partition coefficient (Wildman–Crippen LogP) is 2.86. The van der Waals surface area contributed by atoms with E-state index >= 15 is 0 Å². The highest BCUT2D eigenvalue weighted by Crippen LogP contribution is 2.30. The third-order valence-corrected chi connectivity index (χ3v) is 4.14. The molecule has 0 radical (unpaired) electrons. The molecule has 1 N–H and O–H groups in total. The topological polar surface area (TPSA) is 53.5 Å². The number of hydrogen-bond donors (Lipinski definition) is 1. The number of hydrogen-bond acceptors (Lipinski definition) is 6. The Morgan fingerprint density at radius 1 is 1.19 bits per heavy atom. The first kappa shape index (κ1) is 20.7. The quantitative estimate of drug-likeness (QED) is 0.740. The van der Waals surface area contributed by atoms with Crippen LogP contribution in [0, 0.1) is 0 Å². The second-order valence-electron chi connectivity index (χ2n) is 6.98. The zero-order valence-corrected chi connectivity index (χ0v) is 15.8. The van der Waals surface area contributed by atoms with E-state index in [4.69, 9.17) is 4.74 Å². The van der Waals surface area contributed by atoms with E-state index in [9.17, 15) is 13.2 Å². The molecule has 2 heterocycles. The van der Waals surface area contributed by atoms with Crippen molar-refractivity contribution in [3.8, 4) is 0 Å². The van der Waals surface area contributed by atoms with Crippen LogP contribution in [0.1, 0.15) is 32.4 Å². The first-order valence-electron chi connectivity index (χ1n) is 8.90. The minimum absolute atomic E-state index is 0.0112. The van der Waals surface area contributed by atoms with Crippen LogP contribution in [-0.2, 0) is 10.9 Å². The van der Waals surface area contributed by atoms with Crippen LogP contribution in [0.4, 0.5) is 24.9 Å². The molecule has 0 bridgehead atoms. The molecule has 1 aliphatic heterocycles. The maximum absolute atomic E-state index is 13.0. The summed E-state index contributed by atoms with van der Waals surface area (Å²) >= 11 is 0. The molecule has 0 unspecified atom stereocenters. The largest absolute Gasteiger partial charge is 0.433 e. The third-order valence-electron chi connectivity index (χ3n) is 4.14. The zero-order valence-electron chi connectivity index (χ0n) is 15.8. The van der Waals surface area contributed by atoms with Crippen molar-refractivity contribution in [2.24, 2.45) is 0 Å². The van der Waals surface area contributed by atoms with Crippen molar-refractivity contribution in [2.75, 3.05) is 50.5 Å². The molecule has 0 aliphatic carbocycles. The number of alkyl halides is 3. The van der Waals surface area contributed by atoms with Gasteiger partial charge in [-0.1, -0.05) is 0 Å². The number of morpholine rings is 1. The van der Waals surface area contributed by atoms with Gasteiger partial charge in [-0.3, -0.25) is 4.90 Å². The fourth-order valence-electron chi connectivity index (χ4n) is 3.02. The Labute approximate surface area is 152 Å². The van der Waals surface area contributed by atoms with Crippen molar-refractivity contribution in [1.29, 1.82) is 0 Å². The van der Waals surface area contributed by atoms with Gasteiger partial charge in [0.2, 0.25) is 5.95 Å². The summed E-state index contributed by atoms with van der Waals surface area (Å²) in [5.41, 5.74) is -0.935. The highest BCUT2D eigenvalue weighted by Gasteiger charge is 2.34. The molecule has 26 heavy (non-hydrogen) atoms. The number of rotatable bonds is 7. The van der Waals surface area contributed by atoms with Crippen LogP contribution in [0.3, 0.4) is 0 Å². The Hall–Kier alpha value is -1.61. The molecule has 1 saturated heterocycles. The fraction of sp³-hybridized carbons (Fsp3) is 0.765. The summed E-state index contributed by atoms with van der Waals surface area (Å²) in [6, 6.07) is 0.950. The number of halogens is 3.